The van der Waals surface area contributed by atoms with Gasteiger partial charge < -0.3 is 10.6 Å². The molecular weight excluding hydrogens is 352 g/mol. The number of rotatable bonds is 5. The zero-order valence-corrected chi connectivity index (χ0v) is 13.5. The summed E-state index contributed by atoms with van der Waals surface area (Å²) in [6.45, 7) is 0.126. The number of carbonyl (C=O) groups is 2. The first kappa shape index (κ1) is 16.2. The molecule has 8 heteroatoms. The first-order valence-electron chi connectivity index (χ1n) is 6.63. The van der Waals surface area contributed by atoms with Gasteiger partial charge in [0.1, 0.15) is 0 Å². The van der Waals surface area contributed by atoms with Crippen LogP contribution in [0.4, 0.5) is 0 Å². The number of fused-ring (bicyclic) bond motifs is 1. The SMILES string of the molecule is CNC(=O)CNC(=O)CCn1cnc2ccc(Br)cc2c1=O. The van der Waals surface area contributed by atoms with E-state index in [9.17, 15) is 14.4 Å². The van der Waals surface area contributed by atoms with Crippen LogP contribution in [0.2, 0.25) is 0 Å². The molecule has 2 amide bonds. The lowest BCUT2D eigenvalue weighted by molar-refractivity contribution is -0.126. The molecule has 2 N–H and O–H groups in total. The minimum atomic E-state index is -0.301. The van der Waals surface area contributed by atoms with Crippen molar-refractivity contribution in [3.63, 3.8) is 0 Å². The second kappa shape index (κ2) is 7.17. The monoisotopic (exact) mass is 366 g/mol. The summed E-state index contributed by atoms with van der Waals surface area (Å²) in [7, 11) is 1.49. The van der Waals surface area contributed by atoms with Crippen molar-refractivity contribution in [3.8, 4) is 0 Å². The molecule has 0 aliphatic heterocycles. The predicted molar refractivity (Wildman–Crippen MR) is 85.4 cm³/mol. The average Bonchev–Trinajstić information content (AvgIpc) is 2.52. The van der Waals surface area contributed by atoms with Gasteiger partial charge in [-0.15, -0.1) is 0 Å². The summed E-state index contributed by atoms with van der Waals surface area (Å²) < 4.78 is 2.17. The smallest absolute Gasteiger partial charge is 0.261 e. The zero-order valence-electron chi connectivity index (χ0n) is 11.9. The van der Waals surface area contributed by atoms with Crippen LogP contribution >= 0.6 is 15.9 Å². The third-order valence-corrected chi connectivity index (χ3v) is 3.58. The minimum Gasteiger partial charge on any atom is -0.358 e. The van der Waals surface area contributed by atoms with E-state index in [1.54, 1.807) is 12.1 Å². The summed E-state index contributed by atoms with van der Waals surface area (Å²) in [5.74, 6) is -0.576. The number of benzene rings is 1. The maximum absolute atomic E-state index is 12.3. The van der Waals surface area contributed by atoms with Gasteiger partial charge in [-0.3, -0.25) is 19.0 Å². The number of hydrogen-bond acceptors (Lipinski definition) is 4. The molecule has 116 valence electrons. The van der Waals surface area contributed by atoms with Gasteiger partial charge >= 0.3 is 0 Å². The van der Waals surface area contributed by atoms with E-state index in [0.717, 1.165) is 4.47 Å². The van der Waals surface area contributed by atoms with E-state index < -0.39 is 0 Å². The number of likely N-dealkylation sites (N-methyl/N-ethyl adjacent to an activating group) is 1. The summed E-state index contributed by atoms with van der Waals surface area (Å²) in [6.07, 6.45) is 1.52. The summed E-state index contributed by atoms with van der Waals surface area (Å²) in [6, 6.07) is 5.26. The second-order valence-corrected chi connectivity index (χ2v) is 5.52. The first-order valence-corrected chi connectivity index (χ1v) is 7.42. The number of carbonyl (C=O) groups excluding carboxylic acids is 2. The van der Waals surface area contributed by atoms with E-state index in [4.69, 9.17) is 0 Å². The van der Waals surface area contributed by atoms with E-state index in [1.807, 2.05) is 6.07 Å². The van der Waals surface area contributed by atoms with E-state index >= 15 is 0 Å². The Morgan fingerprint density at radius 3 is 2.82 bits per heavy atom. The highest BCUT2D eigenvalue weighted by Gasteiger charge is 2.08. The van der Waals surface area contributed by atoms with Crippen molar-refractivity contribution in [2.24, 2.45) is 0 Å². The van der Waals surface area contributed by atoms with Crippen molar-refractivity contribution in [2.75, 3.05) is 13.6 Å². The zero-order chi connectivity index (χ0) is 16.1. The van der Waals surface area contributed by atoms with Gasteiger partial charge in [0.25, 0.3) is 5.56 Å². The summed E-state index contributed by atoms with van der Waals surface area (Å²) in [5.41, 5.74) is 0.402. The lowest BCUT2D eigenvalue weighted by Crippen LogP contribution is -2.36. The second-order valence-electron chi connectivity index (χ2n) is 4.60. The van der Waals surface area contributed by atoms with Crippen molar-refractivity contribution in [1.29, 1.82) is 0 Å². The third kappa shape index (κ3) is 3.91. The van der Waals surface area contributed by atoms with E-state index in [2.05, 4.69) is 31.5 Å². The standard InChI is InChI=1S/C14H15BrN4O3/c1-16-13(21)7-17-12(20)4-5-19-8-18-11-3-2-9(15)6-10(11)14(19)22/h2-3,6,8H,4-5,7H2,1H3,(H,16,21)(H,17,20). The first-order chi connectivity index (χ1) is 10.5. The van der Waals surface area contributed by atoms with E-state index in [0.29, 0.717) is 10.9 Å². The van der Waals surface area contributed by atoms with Crippen LogP contribution < -0.4 is 16.2 Å². The molecule has 0 aliphatic carbocycles. The molecule has 0 fully saturated rings. The Morgan fingerprint density at radius 1 is 1.32 bits per heavy atom. The van der Waals surface area contributed by atoms with Crippen LogP contribution in [0.25, 0.3) is 10.9 Å². The summed E-state index contributed by atoms with van der Waals surface area (Å²) in [4.78, 5) is 39.2. The molecule has 2 aromatic rings. The Labute approximate surface area is 134 Å². The fourth-order valence-corrected chi connectivity index (χ4v) is 2.23. The van der Waals surface area contributed by atoms with Crippen LogP contribution in [0, 0.1) is 0 Å². The Balaban J connectivity index is 2.06. The van der Waals surface area contributed by atoms with Gasteiger partial charge in [-0.05, 0) is 18.2 Å². The van der Waals surface area contributed by atoms with Gasteiger partial charge in [-0.1, -0.05) is 15.9 Å². The molecule has 0 aliphatic rings. The fourth-order valence-electron chi connectivity index (χ4n) is 1.87. The van der Waals surface area contributed by atoms with Crippen molar-refractivity contribution >= 4 is 38.6 Å². The molecule has 2 rings (SSSR count). The topological polar surface area (TPSA) is 93.1 Å². The number of nitrogens with zero attached hydrogens (tertiary/aromatic N) is 2. The third-order valence-electron chi connectivity index (χ3n) is 3.09. The largest absolute Gasteiger partial charge is 0.358 e. The molecule has 0 unspecified atom stereocenters. The lowest BCUT2D eigenvalue weighted by Gasteiger charge is -2.07. The van der Waals surface area contributed by atoms with Gasteiger partial charge in [-0.25, -0.2) is 4.98 Å². The van der Waals surface area contributed by atoms with Crippen LogP contribution in [0.1, 0.15) is 6.42 Å². The molecule has 0 saturated heterocycles. The Bertz CT molecular complexity index is 772. The maximum Gasteiger partial charge on any atom is 0.261 e. The summed E-state index contributed by atoms with van der Waals surface area (Å²) in [5, 5.41) is 5.37. The summed E-state index contributed by atoms with van der Waals surface area (Å²) >= 11 is 3.32. The van der Waals surface area contributed by atoms with Crippen LogP contribution in [0.5, 0.6) is 0 Å². The van der Waals surface area contributed by atoms with Crippen LogP contribution in [-0.4, -0.2) is 35.0 Å². The van der Waals surface area contributed by atoms with Crippen LogP contribution in [-0.2, 0) is 16.1 Å². The highest BCUT2D eigenvalue weighted by atomic mass is 79.9. The Kier molecular flexibility index (Phi) is 5.26. The molecular formula is C14H15BrN4O3. The van der Waals surface area contributed by atoms with E-state index in [1.165, 1.54) is 17.9 Å². The van der Waals surface area contributed by atoms with Crippen molar-refractivity contribution < 1.29 is 9.59 Å². The highest BCUT2D eigenvalue weighted by Crippen LogP contribution is 2.14. The molecule has 0 bridgehead atoms. The maximum atomic E-state index is 12.3. The molecule has 7 nitrogen and oxygen atoms in total. The molecule has 1 heterocycles. The minimum absolute atomic E-state index is 0.0762. The Hall–Kier alpha value is -2.22. The number of amides is 2. The lowest BCUT2D eigenvalue weighted by atomic mass is 10.2. The van der Waals surface area contributed by atoms with Crippen molar-refractivity contribution in [1.82, 2.24) is 20.2 Å². The molecule has 0 radical (unpaired) electrons. The molecule has 1 aromatic heterocycles. The molecule has 22 heavy (non-hydrogen) atoms. The van der Waals surface area contributed by atoms with Gasteiger partial charge in [0.15, 0.2) is 0 Å². The van der Waals surface area contributed by atoms with Crippen LogP contribution in [0.3, 0.4) is 0 Å². The van der Waals surface area contributed by atoms with Crippen molar-refractivity contribution in [2.45, 2.75) is 13.0 Å². The molecule has 0 saturated carbocycles. The number of aromatic nitrogens is 2. The number of aryl methyl sites for hydroxylation is 1. The van der Waals surface area contributed by atoms with E-state index in [-0.39, 0.29) is 36.9 Å². The predicted octanol–water partition coefficient (Wildman–Crippen LogP) is 0.411. The fraction of sp³-hybridized carbons (Fsp3) is 0.286. The molecule has 0 atom stereocenters. The van der Waals surface area contributed by atoms with Crippen LogP contribution in [0.15, 0.2) is 33.8 Å². The van der Waals surface area contributed by atoms with Crippen molar-refractivity contribution in [3.05, 3.63) is 39.4 Å². The molecule has 0 spiro atoms. The number of halogens is 1. The van der Waals surface area contributed by atoms with Gasteiger partial charge in [0, 0.05) is 24.5 Å². The number of hydrogen-bond donors (Lipinski definition) is 2. The van der Waals surface area contributed by atoms with Gasteiger partial charge in [0.2, 0.25) is 11.8 Å². The van der Waals surface area contributed by atoms with Gasteiger partial charge in [-0.2, -0.15) is 0 Å². The Morgan fingerprint density at radius 2 is 2.09 bits per heavy atom. The molecule has 1 aromatic carbocycles. The van der Waals surface area contributed by atoms with Gasteiger partial charge in [0.05, 0.1) is 23.8 Å². The quantitative estimate of drug-likeness (QED) is 0.801. The number of nitrogens with one attached hydrogen (secondary N) is 2. The normalized spacial score (nSPS) is 10.5. The highest BCUT2D eigenvalue weighted by molar-refractivity contribution is 9.10. The average molecular weight is 367 g/mol.